The van der Waals surface area contributed by atoms with Gasteiger partial charge in [-0.05, 0) is 80.4 Å². The van der Waals surface area contributed by atoms with E-state index in [1.54, 1.807) is 11.8 Å². The third kappa shape index (κ3) is 14.2. The molecule has 1 aromatic rings. The fraction of sp³-hybridized carbons (Fsp3) is 0.462. The summed E-state index contributed by atoms with van der Waals surface area (Å²) in [5.74, 6) is 3.77. The van der Waals surface area contributed by atoms with Crippen LogP contribution in [-0.2, 0) is 4.74 Å². The van der Waals surface area contributed by atoms with Crippen molar-refractivity contribution in [3.05, 3.63) is 70.7 Å². The molecule has 0 unspecified atom stereocenters. The predicted octanol–water partition coefficient (Wildman–Crippen LogP) is 7.24. The monoisotopic (exact) mass is 461 g/mol. The van der Waals surface area contributed by atoms with Crippen LogP contribution in [-0.4, -0.2) is 50.3 Å². The molecule has 0 amide bonds. The molecule has 0 aliphatic carbocycles. The van der Waals surface area contributed by atoms with Crippen LogP contribution < -0.4 is 4.74 Å². The molecule has 1 aromatic carbocycles. The molecule has 0 fully saturated rings. The second kappa shape index (κ2) is 17.0. The number of nitrogens with zero attached hydrogens (tertiary/aromatic N) is 1. The molecular weight excluding hydrogens is 422 g/mol. The summed E-state index contributed by atoms with van der Waals surface area (Å²) in [5.41, 5.74) is 2.45. The van der Waals surface area contributed by atoms with E-state index >= 15 is 0 Å². The van der Waals surface area contributed by atoms with Gasteiger partial charge in [0.05, 0.1) is 19.0 Å². The molecular formula is C26H39NO2S2. The Kier molecular flexibility index (Phi) is 15.1. The topological polar surface area (TPSA) is 21.7 Å². The summed E-state index contributed by atoms with van der Waals surface area (Å²) in [6.45, 7) is 13.0. The van der Waals surface area contributed by atoms with Crippen LogP contribution in [0.3, 0.4) is 0 Å². The van der Waals surface area contributed by atoms with E-state index in [1.165, 1.54) is 11.1 Å². The lowest BCUT2D eigenvalue weighted by Gasteiger charge is -2.11. The van der Waals surface area contributed by atoms with Gasteiger partial charge in [0.1, 0.15) is 5.75 Å². The number of allylic oxidation sites excluding steroid dienone is 5. The fourth-order valence-corrected chi connectivity index (χ4v) is 4.07. The van der Waals surface area contributed by atoms with Gasteiger partial charge in [-0.15, -0.1) is 11.8 Å². The van der Waals surface area contributed by atoms with Crippen molar-refractivity contribution in [3.63, 3.8) is 0 Å². The molecule has 5 heteroatoms. The van der Waals surface area contributed by atoms with Gasteiger partial charge >= 0.3 is 0 Å². The first-order chi connectivity index (χ1) is 14.9. The van der Waals surface area contributed by atoms with Crippen molar-refractivity contribution >= 4 is 29.1 Å². The van der Waals surface area contributed by atoms with E-state index in [1.807, 2.05) is 43.0 Å². The zero-order chi connectivity index (χ0) is 22.9. The lowest BCUT2D eigenvalue weighted by molar-refractivity contribution is 0.234. The lowest BCUT2D eigenvalue weighted by Crippen LogP contribution is -2.15. The van der Waals surface area contributed by atoms with Gasteiger partial charge in [0.2, 0.25) is 0 Å². The van der Waals surface area contributed by atoms with Crippen LogP contribution in [0.5, 0.6) is 5.75 Å². The molecule has 0 N–H and O–H groups in total. The average molecular weight is 462 g/mol. The van der Waals surface area contributed by atoms with Crippen LogP contribution >= 0.6 is 23.5 Å². The van der Waals surface area contributed by atoms with Crippen LogP contribution in [0.2, 0.25) is 0 Å². The highest BCUT2D eigenvalue weighted by Gasteiger charge is 2.01. The maximum absolute atomic E-state index is 5.81. The molecule has 0 atom stereocenters. The normalized spacial score (nSPS) is 12.6. The van der Waals surface area contributed by atoms with Crippen LogP contribution in [0.1, 0.15) is 39.2 Å². The van der Waals surface area contributed by atoms with E-state index in [0.717, 1.165) is 60.5 Å². The van der Waals surface area contributed by atoms with Crippen molar-refractivity contribution in [3.8, 4) is 5.75 Å². The van der Waals surface area contributed by atoms with E-state index in [0.29, 0.717) is 0 Å². The standard InChI is InChI=1S/C26H39NO2S2/c1-7-8-9-11-23(3)28-18-19-30-21-24(4)31-20-22(2)25-12-14-26(15-13-25)29-17-10-16-27(5)6/h8-9,11-15,20H,4,7,10,16-19,21H2,1-3,5-6H3/b9-8-,22-20+,23-11+. The summed E-state index contributed by atoms with van der Waals surface area (Å²) >= 11 is 3.56. The molecule has 0 aliphatic rings. The molecule has 1 rings (SSSR count). The molecule has 0 aromatic heterocycles. The Bertz CT molecular complexity index is 721. The molecule has 0 saturated heterocycles. The van der Waals surface area contributed by atoms with Gasteiger partial charge in [-0.25, -0.2) is 0 Å². The van der Waals surface area contributed by atoms with Crippen molar-refractivity contribution in [2.24, 2.45) is 0 Å². The Balaban J connectivity index is 2.27. The summed E-state index contributed by atoms with van der Waals surface area (Å²) in [6.07, 6.45) is 8.25. The number of hydrogen-bond donors (Lipinski definition) is 0. The number of rotatable bonds is 16. The van der Waals surface area contributed by atoms with Gasteiger partial charge in [-0.3, -0.25) is 0 Å². The van der Waals surface area contributed by atoms with E-state index < -0.39 is 0 Å². The Morgan fingerprint density at radius 1 is 1.13 bits per heavy atom. The summed E-state index contributed by atoms with van der Waals surface area (Å²) in [5, 5.41) is 2.18. The first-order valence-electron chi connectivity index (χ1n) is 10.9. The number of benzene rings is 1. The van der Waals surface area contributed by atoms with E-state index in [9.17, 15) is 0 Å². The van der Waals surface area contributed by atoms with Crippen molar-refractivity contribution < 1.29 is 9.47 Å². The Labute approximate surface area is 198 Å². The van der Waals surface area contributed by atoms with Crippen molar-refractivity contribution in [2.45, 2.75) is 33.6 Å². The lowest BCUT2D eigenvalue weighted by atomic mass is 10.1. The average Bonchev–Trinajstić information content (AvgIpc) is 2.75. The molecule has 0 spiro atoms. The van der Waals surface area contributed by atoms with E-state index in [2.05, 4.69) is 63.0 Å². The zero-order valence-corrected chi connectivity index (χ0v) is 21.5. The van der Waals surface area contributed by atoms with Crippen molar-refractivity contribution in [2.75, 3.05) is 45.4 Å². The van der Waals surface area contributed by atoms with Crippen molar-refractivity contribution in [1.82, 2.24) is 4.90 Å². The summed E-state index contributed by atoms with van der Waals surface area (Å²) < 4.78 is 11.5. The second-order valence-corrected chi connectivity index (χ2v) is 9.66. The minimum atomic E-state index is 0.726. The largest absolute Gasteiger partial charge is 0.497 e. The first-order valence-corrected chi connectivity index (χ1v) is 12.9. The van der Waals surface area contributed by atoms with Gasteiger partial charge in [-0.1, -0.05) is 37.8 Å². The van der Waals surface area contributed by atoms with Gasteiger partial charge in [-0.2, -0.15) is 11.8 Å². The third-order valence-electron chi connectivity index (χ3n) is 4.25. The van der Waals surface area contributed by atoms with Gasteiger partial charge < -0.3 is 14.4 Å². The predicted molar refractivity (Wildman–Crippen MR) is 142 cm³/mol. The third-order valence-corrected chi connectivity index (χ3v) is 6.39. The SMILES string of the molecule is C=C(CSCCO/C(C)=C/C=C\CC)S/C=C(\C)c1ccc(OCCCN(C)C)cc1. The number of thioether (sulfide) groups is 2. The minimum Gasteiger partial charge on any atom is -0.497 e. The van der Waals surface area contributed by atoms with Crippen molar-refractivity contribution in [1.29, 1.82) is 0 Å². The zero-order valence-electron chi connectivity index (χ0n) is 19.9. The summed E-state index contributed by atoms with van der Waals surface area (Å²) in [7, 11) is 4.16. The first kappa shape index (κ1) is 27.5. The van der Waals surface area contributed by atoms with Crippen LogP contribution in [0.25, 0.3) is 5.57 Å². The summed E-state index contributed by atoms with van der Waals surface area (Å²) in [6, 6.07) is 8.33. The summed E-state index contributed by atoms with van der Waals surface area (Å²) in [4.78, 5) is 3.33. The van der Waals surface area contributed by atoms with Crippen LogP contribution in [0.4, 0.5) is 0 Å². The maximum atomic E-state index is 5.81. The highest BCUT2D eigenvalue weighted by molar-refractivity contribution is 8.08. The quantitative estimate of drug-likeness (QED) is 0.146. The highest BCUT2D eigenvalue weighted by Crippen LogP contribution is 2.26. The van der Waals surface area contributed by atoms with Gasteiger partial charge in [0.15, 0.2) is 0 Å². The molecule has 172 valence electrons. The molecule has 0 bridgehead atoms. The highest BCUT2D eigenvalue weighted by atomic mass is 32.2. The minimum absolute atomic E-state index is 0.726. The smallest absolute Gasteiger partial charge is 0.119 e. The molecule has 31 heavy (non-hydrogen) atoms. The van der Waals surface area contributed by atoms with Crippen LogP contribution in [0.15, 0.2) is 65.1 Å². The molecule has 0 radical (unpaired) electrons. The number of ether oxygens (including phenoxy) is 2. The van der Waals surface area contributed by atoms with Gasteiger partial charge in [0, 0.05) is 18.1 Å². The van der Waals surface area contributed by atoms with E-state index in [4.69, 9.17) is 9.47 Å². The number of hydrogen-bond acceptors (Lipinski definition) is 5. The second-order valence-electron chi connectivity index (χ2n) is 7.50. The van der Waals surface area contributed by atoms with E-state index in [-0.39, 0.29) is 0 Å². The Morgan fingerprint density at radius 3 is 2.55 bits per heavy atom. The Hall–Kier alpha value is -1.56. The molecule has 0 heterocycles. The van der Waals surface area contributed by atoms with Gasteiger partial charge in [0.25, 0.3) is 0 Å². The van der Waals surface area contributed by atoms with Crippen LogP contribution in [0, 0.1) is 0 Å². The molecule has 0 saturated carbocycles. The molecule has 3 nitrogen and oxygen atoms in total. The maximum Gasteiger partial charge on any atom is 0.119 e. The fourth-order valence-electron chi connectivity index (χ4n) is 2.49. The Morgan fingerprint density at radius 2 is 1.87 bits per heavy atom. The molecule has 0 aliphatic heterocycles.